The van der Waals surface area contributed by atoms with Crippen LogP contribution < -0.4 is 0 Å². The molecule has 0 N–H and O–H groups in total. The van der Waals surface area contributed by atoms with Crippen molar-refractivity contribution in [1.82, 2.24) is 14.8 Å². The molecule has 0 aliphatic heterocycles. The zero-order valence-electron chi connectivity index (χ0n) is 7.41. The van der Waals surface area contributed by atoms with E-state index in [2.05, 4.69) is 26.0 Å². The standard InChI is InChI=1S/C9H7BrClN3/c1-14-5-12-9(13-14)6-2-3-8(11)7(10)4-6/h2-5H,1H3. The largest absolute Gasteiger partial charge is 0.255 e. The van der Waals surface area contributed by atoms with Crippen LogP contribution in [-0.2, 0) is 7.05 Å². The van der Waals surface area contributed by atoms with Gasteiger partial charge in [-0.05, 0) is 34.1 Å². The van der Waals surface area contributed by atoms with Gasteiger partial charge < -0.3 is 0 Å². The van der Waals surface area contributed by atoms with Crippen LogP contribution in [-0.4, -0.2) is 14.8 Å². The summed E-state index contributed by atoms with van der Waals surface area (Å²) in [5, 5.41) is 4.88. The van der Waals surface area contributed by atoms with Crippen LogP contribution in [0.1, 0.15) is 0 Å². The average molecular weight is 273 g/mol. The van der Waals surface area contributed by atoms with Crippen LogP contribution in [0.15, 0.2) is 29.0 Å². The average Bonchev–Trinajstić information content (AvgIpc) is 2.57. The van der Waals surface area contributed by atoms with Crippen LogP contribution in [0.2, 0.25) is 5.02 Å². The maximum absolute atomic E-state index is 5.88. The van der Waals surface area contributed by atoms with Crippen LogP contribution in [0.3, 0.4) is 0 Å². The molecule has 0 unspecified atom stereocenters. The molecule has 0 spiro atoms. The second-order valence-electron chi connectivity index (χ2n) is 2.87. The van der Waals surface area contributed by atoms with E-state index in [4.69, 9.17) is 11.6 Å². The molecule has 0 saturated heterocycles. The lowest BCUT2D eigenvalue weighted by Crippen LogP contribution is -1.87. The summed E-state index contributed by atoms with van der Waals surface area (Å²) in [5.74, 6) is 0.699. The molecule has 14 heavy (non-hydrogen) atoms. The first kappa shape index (κ1) is 9.68. The lowest BCUT2D eigenvalue weighted by molar-refractivity contribution is 0.768. The Hall–Kier alpha value is -0.870. The van der Waals surface area contributed by atoms with Crippen molar-refractivity contribution < 1.29 is 0 Å². The fraction of sp³-hybridized carbons (Fsp3) is 0.111. The third-order valence-electron chi connectivity index (χ3n) is 1.78. The molecule has 0 amide bonds. The molecule has 0 atom stereocenters. The number of halogens is 2. The van der Waals surface area contributed by atoms with Crippen molar-refractivity contribution in [2.45, 2.75) is 0 Å². The Morgan fingerprint density at radius 1 is 1.43 bits per heavy atom. The van der Waals surface area contributed by atoms with Crippen LogP contribution >= 0.6 is 27.5 Å². The molecule has 1 heterocycles. The highest BCUT2D eigenvalue weighted by Crippen LogP contribution is 2.26. The van der Waals surface area contributed by atoms with Gasteiger partial charge in [0.15, 0.2) is 5.82 Å². The van der Waals surface area contributed by atoms with Crippen molar-refractivity contribution in [1.29, 1.82) is 0 Å². The monoisotopic (exact) mass is 271 g/mol. The van der Waals surface area contributed by atoms with Gasteiger partial charge in [0.1, 0.15) is 6.33 Å². The summed E-state index contributed by atoms with van der Waals surface area (Å²) in [4.78, 5) is 4.14. The first-order valence-electron chi connectivity index (χ1n) is 3.98. The van der Waals surface area contributed by atoms with Gasteiger partial charge in [0.2, 0.25) is 0 Å². The van der Waals surface area contributed by atoms with Gasteiger partial charge in [-0.25, -0.2) is 4.98 Å². The summed E-state index contributed by atoms with van der Waals surface area (Å²) < 4.78 is 2.52. The number of nitrogens with zero attached hydrogens (tertiary/aromatic N) is 3. The summed E-state index contributed by atoms with van der Waals surface area (Å²) in [7, 11) is 1.83. The first-order valence-corrected chi connectivity index (χ1v) is 5.15. The molecular formula is C9H7BrClN3. The highest BCUT2D eigenvalue weighted by Gasteiger charge is 2.04. The number of hydrogen-bond acceptors (Lipinski definition) is 2. The lowest BCUT2D eigenvalue weighted by atomic mass is 10.2. The van der Waals surface area contributed by atoms with Gasteiger partial charge in [0.25, 0.3) is 0 Å². The second-order valence-corrected chi connectivity index (χ2v) is 4.13. The minimum absolute atomic E-state index is 0.685. The summed E-state index contributed by atoms with van der Waals surface area (Å²) in [6.07, 6.45) is 1.66. The van der Waals surface area contributed by atoms with Crippen molar-refractivity contribution in [2.24, 2.45) is 7.05 Å². The smallest absolute Gasteiger partial charge is 0.181 e. The predicted molar refractivity (Wildman–Crippen MR) is 59.1 cm³/mol. The molecular weight excluding hydrogens is 265 g/mol. The molecule has 3 nitrogen and oxygen atoms in total. The van der Waals surface area contributed by atoms with E-state index in [1.807, 2.05) is 25.2 Å². The van der Waals surface area contributed by atoms with Crippen molar-refractivity contribution >= 4 is 27.5 Å². The fourth-order valence-corrected chi connectivity index (χ4v) is 1.60. The normalized spacial score (nSPS) is 10.5. The molecule has 5 heteroatoms. The predicted octanol–water partition coefficient (Wildman–Crippen LogP) is 2.90. The van der Waals surface area contributed by atoms with E-state index in [0.29, 0.717) is 10.8 Å². The van der Waals surface area contributed by atoms with E-state index in [1.54, 1.807) is 11.0 Å². The molecule has 1 aromatic heterocycles. The van der Waals surface area contributed by atoms with E-state index in [-0.39, 0.29) is 0 Å². The van der Waals surface area contributed by atoms with Gasteiger partial charge in [0, 0.05) is 17.1 Å². The van der Waals surface area contributed by atoms with Gasteiger partial charge in [-0.1, -0.05) is 11.6 Å². The van der Waals surface area contributed by atoms with Gasteiger partial charge >= 0.3 is 0 Å². The van der Waals surface area contributed by atoms with Gasteiger partial charge in [-0.15, -0.1) is 0 Å². The molecule has 72 valence electrons. The lowest BCUT2D eigenvalue weighted by Gasteiger charge is -1.98. The Morgan fingerprint density at radius 2 is 2.21 bits per heavy atom. The minimum atomic E-state index is 0.685. The van der Waals surface area contributed by atoms with Crippen molar-refractivity contribution in [3.63, 3.8) is 0 Å². The molecule has 1 aromatic carbocycles. The number of rotatable bonds is 1. The Kier molecular flexibility index (Phi) is 2.56. The molecule has 0 aliphatic carbocycles. The molecule has 0 bridgehead atoms. The summed E-state index contributed by atoms with van der Waals surface area (Å²) >= 11 is 9.24. The van der Waals surface area contributed by atoms with Crippen LogP contribution in [0.5, 0.6) is 0 Å². The van der Waals surface area contributed by atoms with E-state index >= 15 is 0 Å². The number of hydrogen-bond donors (Lipinski definition) is 0. The highest BCUT2D eigenvalue weighted by molar-refractivity contribution is 9.10. The topological polar surface area (TPSA) is 30.7 Å². The molecule has 0 aliphatic rings. The molecule has 0 radical (unpaired) electrons. The number of aromatic nitrogens is 3. The summed E-state index contributed by atoms with van der Waals surface area (Å²) in [6, 6.07) is 5.61. The SMILES string of the molecule is Cn1cnc(-c2ccc(Cl)c(Br)c2)n1. The quantitative estimate of drug-likeness (QED) is 0.799. The molecule has 0 fully saturated rings. The molecule has 2 aromatic rings. The molecule has 0 saturated carbocycles. The van der Waals surface area contributed by atoms with Gasteiger partial charge in [-0.3, -0.25) is 4.68 Å². The summed E-state index contributed by atoms with van der Waals surface area (Å²) in [5.41, 5.74) is 0.946. The van der Waals surface area contributed by atoms with Crippen molar-refractivity contribution in [2.75, 3.05) is 0 Å². The van der Waals surface area contributed by atoms with Crippen LogP contribution in [0.4, 0.5) is 0 Å². The Labute approximate surface area is 94.9 Å². The third-order valence-corrected chi connectivity index (χ3v) is 2.99. The zero-order valence-corrected chi connectivity index (χ0v) is 9.75. The van der Waals surface area contributed by atoms with E-state index < -0.39 is 0 Å². The summed E-state index contributed by atoms with van der Waals surface area (Å²) in [6.45, 7) is 0. The maximum atomic E-state index is 5.88. The number of benzene rings is 1. The minimum Gasteiger partial charge on any atom is -0.255 e. The number of aryl methyl sites for hydroxylation is 1. The fourth-order valence-electron chi connectivity index (χ4n) is 1.11. The maximum Gasteiger partial charge on any atom is 0.181 e. The van der Waals surface area contributed by atoms with Crippen molar-refractivity contribution in [3.8, 4) is 11.4 Å². The van der Waals surface area contributed by atoms with Crippen molar-refractivity contribution in [3.05, 3.63) is 34.0 Å². The van der Waals surface area contributed by atoms with Crippen LogP contribution in [0, 0.1) is 0 Å². The third kappa shape index (κ3) is 1.81. The highest BCUT2D eigenvalue weighted by atomic mass is 79.9. The van der Waals surface area contributed by atoms with E-state index in [0.717, 1.165) is 10.0 Å². The second kappa shape index (κ2) is 3.71. The molecule has 2 rings (SSSR count). The Morgan fingerprint density at radius 3 is 2.79 bits per heavy atom. The first-order chi connectivity index (χ1) is 6.66. The Bertz CT molecular complexity index is 467. The van der Waals surface area contributed by atoms with Gasteiger partial charge in [0.05, 0.1) is 5.02 Å². The van der Waals surface area contributed by atoms with Crippen LogP contribution in [0.25, 0.3) is 11.4 Å². The van der Waals surface area contributed by atoms with E-state index in [9.17, 15) is 0 Å². The zero-order chi connectivity index (χ0) is 10.1. The Balaban J connectivity index is 2.47. The van der Waals surface area contributed by atoms with E-state index in [1.165, 1.54) is 0 Å². The van der Waals surface area contributed by atoms with Gasteiger partial charge in [-0.2, -0.15) is 5.10 Å².